The number of H-pyrrole nitrogens is 1. The van der Waals surface area contributed by atoms with Crippen LogP contribution in [-0.4, -0.2) is 52.6 Å². The maximum absolute atomic E-state index is 13.0. The zero-order valence-electron chi connectivity index (χ0n) is 16.1. The number of likely N-dealkylation sites (tertiary alicyclic amines) is 1. The van der Waals surface area contributed by atoms with Gasteiger partial charge in [-0.2, -0.15) is 5.10 Å². The fraction of sp³-hybridized carbons (Fsp3) is 0.450. The smallest absolute Gasteiger partial charge is 0.272 e. The van der Waals surface area contributed by atoms with Crippen LogP contribution in [0.2, 0.25) is 0 Å². The molecule has 1 aromatic heterocycles. The van der Waals surface area contributed by atoms with Crippen LogP contribution in [0.25, 0.3) is 11.3 Å². The van der Waals surface area contributed by atoms with Gasteiger partial charge in [-0.25, -0.2) is 0 Å². The van der Waals surface area contributed by atoms with Crippen molar-refractivity contribution in [3.63, 3.8) is 0 Å². The number of carbonyl (C=O) groups excluding carboxylic acids is 2. The van der Waals surface area contributed by atoms with E-state index in [4.69, 9.17) is 5.73 Å². The lowest BCUT2D eigenvalue weighted by molar-refractivity contribution is -0.121. The lowest BCUT2D eigenvalue weighted by atomic mass is 10.0. The highest BCUT2D eigenvalue weighted by atomic mass is 35.5. The standard InChI is InChI=1S/C20H27N5O2.ClH/c1-14-5-7-15(8-6-14)17-12-18(24-23-17)20(27)25-11-3-2-4-16(25)13-22-19(26)9-10-21;/h5-8,12,16H,2-4,9-11,13,21H2,1H3,(H,22,26)(H,23,24);1H. The van der Waals surface area contributed by atoms with Crippen LogP contribution in [-0.2, 0) is 4.79 Å². The number of carbonyl (C=O) groups is 2. The SMILES string of the molecule is Cc1ccc(-c2cc(C(=O)N3CCCCC3CNC(=O)CCN)[nH]n2)cc1.Cl. The first-order valence-corrected chi connectivity index (χ1v) is 9.48. The zero-order chi connectivity index (χ0) is 19.2. The summed E-state index contributed by atoms with van der Waals surface area (Å²) in [5.41, 5.74) is 8.79. The van der Waals surface area contributed by atoms with E-state index in [1.807, 2.05) is 36.1 Å². The summed E-state index contributed by atoms with van der Waals surface area (Å²) in [6.07, 6.45) is 3.21. The first-order valence-electron chi connectivity index (χ1n) is 9.48. The highest BCUT2D eigenvalue weighted by Gasteiger charge is 2.28. The molecule has 1 fully saturated rings. The Labute approximate surface area is 171 Å². The number of aromatic amines is 1. The van der Waals surface area contributed by atoms with Crippen molar-refractivity contribution in [2.24, 2.45) is 5.73 Å². The summed E-state index contributed by atoms with van der Waals surface area (Å²) in [5.74, 6) is -0.141. The molecule has 8 heteroatoms. The van der Waals surface area contributed by atoms with E-state index in [0.717, 1.165) is 30.5 Å². The number of benzene rings is 1. The molecule has 2 amide bonds. The van der Waals surface area contributed by atoms with Crippen LogP contribution in [0.4, 0.5) is 0 Å². The van der Waals surface area contributed by atoms with Crippen molar-refractivity contribution in [2.75, 3.05) is 19.6 Å². The normalized spacial score (nSPS) is 16.4. The van der Waals surface area contributed by atoms with Gasteiger partial charge in [-0.15, -0.1) is 12.4 Å². The number of hydrogen-bond donors (Lipinski definition) is 3. The van der Waals surface area contributed by atoms with Crippen molar-refractivity contribution in [3.8, 4) is 11.3 Å². The summed E-state index contributed by atoms with van der Waals surface area (Å²) >= 11 is 0. The molecule has 3 rings (SSSR count). The Bertz CT molecular complexity index is 790. The van der Waals surface area contributed by atoms with Crippen LogP contribution in [0.5, 0.6) is 0 Å². The first kappa shape index (κ1) is 21.9. The van der Waals surface area contributed by atoms with Crippen molar-refractivity contribution in [3.05, 3.63) is 41.6 Å². The van der Waals surface area contributed by atoms with Gasteiger partial charge >= 0.3 is 0 Å². The second kappa shape index (κ2) is 10.2. The lowest BCUT2D eigenvalue weighted by Gasteiger charge is -2.35. The Morgan fingerprint density at radius 1 is 1.29 bits per heavy atom. The highest BCUT2D eigenvalue weighted by Crippen LogP contribution is 2.22. The van der Waals surface area contributed by atoms with E-state index in [0.29, 0.717) is 31.7 Å². The topological polar surface area (TPSA) is 104 Å². The van der Waals surface area contributed by atoms with Crippen LogP contribution < -0.4 is 11.1 Å². The molecule has 1 aliphatic rings. The van der Waals surface area contributed by atoms with E-state index in [1.54, 1.807) is 6.07 Å². The third-order valence-corrected chi connectivity index (χ3v) is 4.95. The summed E-state index contributed by atoms with van der Waals surface area (Å²) in [7, 11) is 0. The quantitative estimate of drug-likeness (QED) is 0.685. The highest BCUT2D eigenvalue weighted by molar-refractivity contribution is 5.93. The minimum absolute atomic E-state index is 0. The van der Waals surface area contributed by atoms with Gasteiger partial charge < -0.3 is 16.0 Å². The zero-order valence-corrected chi connectivity index (χ0v) is 16.9. The van der Waals surface area contributed by atoms with Gasteiger partial charge in [-0.05, 0) is 32.3 Å². The number of halogens is 1. The summed E-state index contributed by atoms with van der Waals surface area (Å²) in [6, 6.07) is 9.84. The third kappa shape index (κ3) is 5.33. The minimum atomic E-state index is -0.0707. The predicted octanol–water partition coefficient (Wildman–Crippen LogP) is 2.27. The molecule has 1 unspecified atom stereocenters. The summed E-state index contributed by atoms with van der Waals surface area (Å²) in [5, 5.41) is 10.1. The van der Waals surface area contributed by atoms with Crippen molar-refractivity contribution in [1.29, 1.82) is 0 Å². The lowest BCUT2D eigenvalue weighted by Crippen LogP contribution is -2.49. The largest absolute Gasteiger partial charge is 0.354 e. The summed E-state index contributed by atoms with van der Waals surface area (Å²) < 4.78 is 0. The van der Waals surface area contributed by atoms with Crippen molar-refractivity contribution >= 4 is 24.2 Å². The predicted molar refractivity (Wildman–Crippen MR) is 111 cm³/mol. The molecular weight excluding hydrogens is 378 g/mol. The average molecular weight is 406 g/mol. The molecule has 28 heavy (non-hydrogen) atoms. The maximum Gasteiger partial charge on any atom is 0.272 e. The molecule has 2 heterocycles. The molecule has 0 saturated carbocycles. The van der Waals surface area contributed by atoms with Crippen molar-refractivity contribution in [1.82, 2.24) is 20.4 Å². The van der Waals surface area contributed by atoms with Gasteiger partial charge in [-0.1, -0.05) is 29.8 Å². The third-order valence-electron chi connectivity index (χ3n) is 4.95. The molecular formula is C20H28ClN5O2. The molecule has 2 aromatic rings. The molecule has 7 nitrogen and oxygen atoms in total. The Balaban J connectivity index is 0.00000280. The second-order valence-electron chi connectivity index (χ2n) is 7.02. The Morgan fingerprint density at radius 2 is 2.04 bits per heavy atom. The number of nitrogens with two attached hydrogens (primary N) is 1. The molecule has 152 valence electrons. The molecule has 0 aliphatic carbocycles. The van der Waals surface area contributed by atoms with E-state index >= 15 is 0 Å². The number of hydrogen-bond acceptors (Lipinski definition) is 4. The number of rotatable bonds is 6. The van der Waals surface area contributed by atoms with E-state index < -0.39 is 0 Å². The number of nitrogens with zero attached hydrogens (tertiary/aromatic N) is 2. The first-order chi connectivity index (χ1) is 13.1. The van der Waals surface area contributed by atoms with Gasteiger partial charge in [-0.3, -0.25) is 14.7 Å². The summed E-state index contributed by atoms with van der Waals surface area (Å²) in [4.78, 5) is 26.6. The van der Waals surface area contributed by atoms with Crippen LogP contribution in [0.15, 0.2) is 30.3 Å². The van der Waals surface area contributed by atoms with Gasteiger partial charge in [0.05, 0.1) is 5.69 Å². The van der Waals surface area contributed by atoms with Crippen molar-refractivity contribution in [2.45, 2.75) is 38.6 Å². The van der Waals surface area contributed by atoms with Crippen LogP contribution in [0, 0.1) is 6.92 Å². The van der Waals surface area contributed by atoms with E-state index in [2.05, 4.69) is 15.5 Å². The van der Waals surface area contributed by atoms with Gasteiger partial charge in [0.25, 0.3) is 5.91 Å². The monoisotopic (exact) mass is 405 g/mol. The molecule has 1 aromatic carbocycles. The molecule has 1 saturated heterocycles. The van der Waals surface area contributed by atoms with Gasteiger partial charge in [0.15, 0.2) is 0 Å². The van der Waals surface area contributed by atoms with Gasteiger partial charge in [0, 0.05) is 37.7 Å². The van der Waals surface area contributed by atoms with Gasteiger partial charge in [0.2, 0.25) is 5.91 Å². The molecule has 1 atom stereocenters. The van der Waals surface area contributed by atoms with E-state index in [-0.39, 0.29) is 30.3 Å². The van der Waals surface area contributed by atoms with Gasteiger partial charge in [0.1, 0.15) is 5.69 Å². The number of nitrogens with one attached hydrogen (secondary N) is 2. The number of aryl methyl sites for hydroxylation is 1. The number of aromatic nitrogens is 2. The van der Waals surface area contributed by atoms with Crippen LogP contribution in [0.1, 0.15) is 41.7 Å². The second-order valence-corrected chi connectivity index (χ2v) is 7.02. The average Bonchev–Trinajstić information content (AvgIpc) is 3.17. The van der Waals surface area contributed by atoms with Crippen LogP contribution >= 0.6 is 12.4 Å². The Hall–Kier alpha value is -2.38. The Kier molecular flexibility index (Phi) is 8.02. The van der Waals surface area contributed by atoms with Crippen molar-refractivity contribution < 1.29 is 9.59 Å². The van der Waals surface area contributed by atoms with E-state index in [1.165, 1.54) is 5.56 Å². The molecule has 4 N–H and O–H groups in total. The molecule has 0 radical (unpaired) electrons. The minimum Gasteiger partial charge on any atom is -0.354 e. The number of amides is 2. The number of piperidine rings is 1. The Morgan fingerprint density at radius 3 is 2.75 bits per heavy atom. The maximum atomic E-state index is 13.0. The fourth-order valence-corrected chi connectivity index (χ4v) is 3.39. The van der Waals surface area contributed by atoms with Crippen LogP contribution in [0.3, 0.4) is 0 Å². The molecule has 0 spiro atoms. The molecule has 1 aliphatic heterocycles. The fourth-order valence-electron chi connectivity index (χ4n) is 3.39. The van der Waals surface area contributed by atoms with E-state index in [9.17, 15) is 9.59 Å². The molecule has 0 bridgehead atoms. The summed E-state index contributed by atoms with van der Waals surface area (Å²) in [6.45, 7) is 3.51.